The minimum absolute atomic E-state index is 0.120. The number of amides is 1. The van der Waals surface area contributed by atoms with Crippen LogP contribution in [0.5, 0.6) is 0 Å². The van der Waals surface area contributed by atoms with E-state index in [2.05, 4.69) is 0 Å². The van der Waals surface area contributed by atoms with Gasteiger partial charge in [-0.25, -0.2) is 8.78 Å². The Morgan fingerprint density at radius 3 is 1.54 bits per heavy atom. The van der Waals surface area contributed by atoms with Crippen LogP contribution in [0.2, 0.25) is 0 Å². The zero-order valence-corrected chi connectivity index (χ0v) is 17.1. The number of anilines is 1. The molecule has 0 unspecified atom stereocenters. The Kier molecular flexibility index (Phi) is 7.21. The molecule has 0 spiro atoms. The summed E-state index contributed by atoms with van der Waals surface area (Å²) in [5.74, 6) is -59.8. The molecule has 0 radical (unpaired) electrons. The highest BCUT2D eigenvalue weighted by molar-refractivity contribution is 6.04. The third-order valence-corrected chi connectivity index (χ3v) is 4.99. The summed E-state index contributed by atoms with van der Waals surface area (Å²) in [4.78, 5) is 11.7. The summed E-state index contributed by atoms with van der Waals surface area (Å²) in [5, 5.41) is 0.868. The lowest BCUT2D eigenvalue weighted by atomic mass is 9.89. The van der Waals surface area contributed by atoms with E-state index in [0.29, 0.717) is 0 Å². The van der Waals surface area contributed by atoms with Crippen LogP contribution >= 0.6 is 0 Å². The quantitative estimate of drug-likeness (QED) is 0.311. The van der Waals surface area contributed by atoms with Gasteiger partial charge in [0, 0.05) is 11.1 Å². The van der Waals surface area contributed by atoms with Gasteiger partial charge in [-0.3, -0.25) is 4.79 Å². The summed E-state index contributed by atoms with van der Waals surface area (Å²) < 4.78 is 214. The molecule has 1 amide bonds. The van der Waals surface area contributed by atoms with Crippen molar-refractivity contribution in [1.82, 2.24) is 0 Å². The average molecular weight is 571 g/mol. The lowest BCUT2D eigenvalue weighted by molar-refractivity contribution is -0.443. The molecule has 2 rings (SSSR count). The molecule has 0 bridgehead atoms. The maximum atomic E-state index is 14.1. The maximum Gasteiger partial charge on any atom is 0.393 e. The van der Waals surface area contributed by atoms with Gasteiger partial charge in [-0.1, -0.05) is 36.4 Å². The fourth-order valence-corrected chi connectivity index (χ4v) is 2.81. The van der Waals surface area contributed by atoms with E-state index in [1.54, 1.807) is 0 Å². The number of nitrogens with one attached hydrogen (secondary N) is 1. The van der Waals surface area contributed by atoms with Crippen LogP contribution in [0.15, 0.2) is 42.5 Å². The van der Waals surface area contributed by atoms with Crippen LogP contribution in [0.3, 0.4) is 0 Å². The molecule has 37 heavy (non-hydrogen) atoms. The highest BCUT2D eigenvalue weighted by atomic mass is 19.4. The van der Waals surface area contributed by atoms with Crippen molar-refractivity contribution in [3.8, 4) is 0 Å². The number of hydrogen-bond donors (Lipinski definition) is 1. The van der Waals surface area contributed by atoms with E-state index in [1.165, 1.54) is 24.3 Å². The fourth-order valence-electron chi connectivity index (χ4n) is 2.81. The monoisotopic (exact) mass is 571 g/mol. The fraction of sp³-hybridized carbons (Fsp3) is 0.421. The van der Waals surface area contributed by atoms with Gasteiger partial charge in [0.05, 0.1) is 0 Å². The first kappa shape index (κ1) is 30.3. The molecule has 0 saturated heterocycles. The van der Waals surface area contributed by atoms with E-state index < -0.39 is 59.5 Å². The van der Waals surface area contributed by atoms with Gasteiger partial charge in [0.2, 0.25) is 0 Å². The first-order valence-electron chi connectivity index (χ1n) is 9.15. The number of hydrogen-bond acceptors (Lipinski definition) is 1. The molecule has 0 fully saturated rings. The molecule has 0 aliphatic heterocycles. The Labute approximate surface area is 194 Å². The third kappa shape index (κ3) is 4.11. The second-order valence-electron chi connectivity index (χ2n) is 7.35. The molecule has 18 heteroatoms. The summed E-state index contributed by atoms with van der Waals surface area (Å²) in [7, 11) is 0. The van der Waals surface area contributed by atoms with E-state index in [-0.39, 0.29) is 10.8 Å². The van der Waals surface area contributed by atoms with Crippen molar-refractivity contribution < 1.29 is 75.0 Å². The molecular formula is C19H9F16NO. The van der Waals surface area contributed by atoms with Crippen LogP contribution in [-0.4, -0.2) is 53.8 Å². The summed E-state index contributed by atoms with van der Waals surface area (Å²) in [5.41, 5.74) is -0.818. The van der Waals surface area contributed by atoms with Crippen LogP contribution < -0.4 is 5.32 Å². The van der Waals surface area contributed by atoms with Gasteiger partial charge in [-0.15, -0.1) is 0 Å². The topological polar surface area (TPSA) is 29.1 Å². The van der Waals surface area contributed by atoms with Gasteiger partial charge in [-0.05, 0) is 11.5 Å². The van der Waals surface area contributed by atoms with Crippen molar-refractivity contribution in [2.75, 3.05) is 5.32 Å². The molecule has 0 atom stereocenters. The molecule has 0 aliphatic rings. The number of carbonyl (C=O) groups is 1. The number of carbonyl (C=O) groups excluding carboxylic acids is 1. The van der Waals surface area contributed by atoms with Gasteiger partial charge in [0.1, 0.15) is 0 Å². The lowest BCUT2D eigenvalue weighted by Crippen LogP contribution is -2.74. The first-order valence-corrected chi connectivity index (χ1v) is 9.15. The number of halogens is 16. The number of rotatable bonds is 9. The van der Waals surface area contributed by atoms with Crippen molar-refractivity contribution in [1.29, 1.82) is 0 Å². The molecule has 0 saturated carbocycles. The summed E-state index contributed by atoms with van der Waals surface area (Å²) in [6.07, 6.45) is -5.92. The van der Waals surface area contributed by atoms with Crippen molar-refractivity contribution >= 4 is 22.4 Å². The molecule has 2 aromatic rings. The Bertz CT molecular complexity index is 1150. The Hall–Kier alpha value is -2.95. The zero-order chi connectivity index (χ0) is 29.0. The van der Waals surface area contributed by atoms with Gasteiger partial charge in [-0.2, -0.15) is 61.5 Å². The number of fused-ring (bicyclic) bond motifs is 1. The average Bonchev–Trinajstić information content (AvgIpc) is 2.78. The van der Waals surface area contributed by atoms with E-state index in [9.17, 15) is 75.0 Å². The number of benzene rings is 2. The van der Waals surface area contributed by atoms with Crippen molar-refractivity contribution in [3.63, 3.8) is 0 Å². The Morgan fingerprint density at radius 1 is 0.595 bits per heavy atom. The standard InChI is InChI=1S/C19H9F16NO/c20-11(21)13(22,23)15(26,27)17(30,31)19(34,35)18(32,33)16(28,29)14(24,25)12(37)36-10-7-3-5-8-4-1-2-6-9(8)10/h1-7,11H,(H,36,37). The van der Waals surface area contributed by atoms with Crippen LogP contribution in [0.1, 0.15) is 0 Å². The Morgan fingerprint density at radius 2 is 1.03 bits per heavy atom. The van der Waals surface area contributed by atoms with Crippen molar-refractivity contribution in [2.45, 2.75) is 47.9 Å². The van der Waals surface area contributed by atoms with Crippen LogP contribution in [0, 0.1) is 0 Å². The molecule has 1 N–H and O–H groups in total. The molecule has 0 aliphatic carbocycles. The molecule has 208 valence electrons. The van der Waals surface area contributed by atoms with E-state index >= 15 is 0 Å². The molecule has 0 aromatic heterocycles. The predicted octanol–water partition coefficient (Wildman–Crippen LogP) is 7.49. The minimum atomic E-state index is -8.56. The van der Waals surface area contributed by atoms with E-state index in [1.807, 2.05) is 0 Å². The highest BCUT2D eigenvalue weighted by Crippen LogP contribution is 2.62. The largest absolute Gasteiger partial charge is 0.393 e. The first-order chi connectivity index (χ1) is 16.4. The second-order valence-corrected chi connectivity index (χ2v) is 7.35. The summed E-state index contributed by atoms with van der Waals surface area (Å²) in [6, 6.07) is 7.89. The smallest absolute Gasteiger partial charge is 0.320 e. The van der Waals surface area contributed by atoms with Crippen LogP contribution in [-0.2, 0) is 4.79 Å². The maximum absolute atomic E-state index is 14.1. The van der Waals surface area contributed by atoms with E-state index in [0.717, 1.165) is 23.5 Å². The van der Waals surface area contributed by atoms with Crippen molar-refractivity contribution in [2.24, 2.45) is 0 Å². The molecule has 2 nitrogen and oxygen atoms in total. The van der Waals surface area contributed by atoms with E-state index in [4.69, 9.17) is 0 Å². The Balaban J connectivity index is 2.55. The minimum Gasteiger partial charge on any atom is -0.320 e. The van der Waals surface area contributed by atoms with Gasteiger partial charge >= 0.3 is 53.8 Å². The highest BCUT2D eigenvalue weighted by Gasteiger charge is 2.94. The van der Waals surface area contributed by atoms with Crippen LogP contribution in [0.25, 0.3) is 10.8 Å². The predicted molar refractivity (Wildman–Crippen MR) is 93.2 cm³/mol. The summed E-state index contributed by atoms with van der Waals surface area (Å²) >= 11 is 0. The lowest BCUT2D eigenvalue weighted by Gasteiger charge is -2.42. The second kappa shape index (κ2) is 8.82. The molecular weight excluding hydrogens is 562 g/mol. The number of alkyl halides is 16. The third-order valence-electron chi connectivity index (χ3n) is 4.99. The van der Waals surface area contributed by atoms with Gasteiger partial charge in [0.15, 0.2) is 0 Å². The molecule has 0 heterocycles. The molecule has 2 aromatic carbocycles. The van der Waals surface area contributed by atoms with Crippen molar-refractivity contribution in [3.05, 3.63) is 42.5 Å². The normalized spacial score (nSPS) is 14.8. The summed E-state index contributed by atoms with van der Waals surface area (Å²) in [6.45, 7) is 0. The SMILES string of the molecule is O=C(Nc1cccc2ccccc12)C(F)(F)C(F)(F)C(F)(F)C(F)(F)C(F)(F)C(F)(F)C(F)(F)C(F)F. The van der Waals surface area contributed by atoms with Gasteiger partial charge in [0.25, 0.3) is 0 Å². The van der Waals surface area contributed by atoms with Crippen LogP contribution in [0.4, 0.5) is 75.9 Å². The van der Waals surface area contributed by atoms with Gasteiger partial charge < -0.3 is 5.32 Å². The zero-order valence-electron chi connectivity index (χ0n) is 17.1.